The van der Waals surface area contributed by atoms with Crippen LogP contribution in [0.5, 0.6) is 11.5 Å². The number of likely N-dealkylation sites (tertiary alicyclic amines) is 1. The molecule has 1 saturated heterocycles. The molecule has 1 atom stereocenters. The summed E-state index contributed by atoms with van der Waals surface area (Å²) in [6, 6.07) is 8.84. The minimum absolute atomic E-state index is 0.513. The third-order valence-corrected chi connectivity index (χ3v) is 4.53. The highest BCUT2D eigenvalue weighted by molar-refractivity contribution is 5.42. The molecule has 1 aromatic carbocycles. The van der Waals surface area contributed by atoms with Crippen molar-refractivity contribution in [2.75, 3.05) is 33.4 Å². The molecule has 1 heterocycles. The van der Waals surface area contributed by atoms with E-state index in [1.807, 2.05) is 12.1 Å². The predicted molar refractivity (Wildman–Crippen MR) is 95.3 cm³/mol. The molecular weight excluding hydrogens is 302 g/mol. The molecule has 1 unspecified atom stereocenters. The van der Waals surface area contributed by atoms with Gasteiger partial charge in [-0.25, -0.2) is 0 Å². The molecule has 5 nitrogen and oxygen atoms in total. The second-order valence-corrected chi connectivity index (χ2v) is 6.15. The van der Waals surface area contributed by atoms with Crippen molar-refractivity contribution >= 4 is 0 Å². The minimum Gasteiger partial charge on any atom is -0.493 e. The van der Waals surface area contributed by atoms with Crippen molar-refractivity contribution in [2.45, 2.75) is 45.2 Å². The third-order valence-electron chi connectivity index (χ3n) is 4.53. The number of nitriles is 1. The van der Waals surface area contributed by atoms with Gasteiger partial charge in [0.15, 0.2) is 11.5 Å². The van der Waals surface area contributed by atoms with Crippen LogP contribution >= 0.6 is 0 Å². The Morgan fingerprint density at radius 2 is 2.25 bits per heavy atom. The second kappa shape index (κ2) is 10.2. The molecule has 0 aliphatic carbocycles. The van der Waals surface area contributed by atoms with Crippen LogP contribution < -0.4 is 14.8 Å². The average molecular weight is 331 g/mol. The van der Waals surface area contributed by atoms with Crippen LogP contribution in [0, 0.1) is 11.3 Å². The monoisotopic (exact) mass is 331 g/mol. The molecule has 0 aromatic heterocycles. The van der Waals surface area contributed by atoms with E-state index in [1.54, 1.807) is 7.11 Å². The summed E-state index contributed by atoms with van der Waals surface area (Å²) in [4.78, 5) is 2.55. The predicted octanol–water partition coefficient (Wildman–Crippen LogP) is 2.95. The number of benzene rings is 1. The van der Waals surface area contributed by atoms with E-state index in [2.05, 4.69) is 29.3 Å². The van der Waals surface area contributed by atoms with Crippen LogP contribution in [0.4, 0.5) is 0 Å². The fourth-order valence-electron chi connectivity index (χ4n) is 3.20. The molecule has 1 aromatic rings. The first kappa shape index (κ1) is 18.6. The van der Waals surface area contributed by atoms with Gasteiger partial charge in [0.1, 0.15) is 0 Å². The van der Waals surface area contributed by atoms with Crippen molar-refractivity contribution in [2.24, 2.45) is 0 Å². The molecule has 1 N–H and O–H groups in total. The zero-order valence-corrected chi connectivity index (χ0v) is 14.9. The maximum Gasteiger partial charge on any atom is 0.161 e. The van der Waals surface area contributed by atoms with Gasteiger partial charge in [-0.2, -0.15) is 5.26 Å². The molecule has 24 heavy (non-hydrogen) atoms. The molecular formula is C19H29N3O2. The Bertz CT molecular complexity index is 542. The molecule has 1 aliphatic rings. The van der Waals surface area contributed by atoms with Crippen LogP contribution in [-0.4, -0.2) is 44.3 Å². The van der Waals surface area contributed by atoms with E-state index >= 15 is 0 Å². The summed E-state index contributed by atoms with van der Waals surface area (Å²) < 4.78 is 11.1. The van der Waals surface area contributed by atoms with Gasteiger partial charge in [0, 0.05) is 25.6 Å². The molecule has 1 aliphatic heterocycles. The van der Waals surface area contributed by atoms with E-state index in [-0.39, 0.29) is 0 Å². The highest BCUT2D eigenvalue weighted by Gasteiger charge is 2.22. The van der Waals surface area contributed by atoms with Crippen molar-refractivity contribution in [1.82, 2.24) is 10.2 Å². The highest BCUT2D eigenvalue weighted by Crippen LogP contribution is 2.28. The van der Waals surface area contributed by atoms with E-state index in [9.17, 15) is 0 Å². The summed E-state index contributed by atoms with van der Waals surface area (Å²) in [5.74, 6) is 1.49. The summed E-state index contributed by atoms with van der Waals surface area (Å²) in [6.07, 6.45) is 3.84. The van der Waals surface area contributed by atoms with E-state index in [4.69, 9.17) is 14.7 Å². The number of unbranched alkanes of at least 4 members (excludes halogenated alkanes) is 1. The van der Waals surface area contributed by atoms with Gasteiger partial charge in [0.25, 0.3) is 0 Å². The van der Waals surface area contributed by atoms with E-state index < -0.39 is 0 Å². The topological polar surface area (TPSA) is 57.5 Å². The van der Waals surface area contributed by atoms with E-state index in [0.717, 1.165) is 37.6 Å². The molecule has 0 spiro atoms. The van der Waals surface area contributed by atoms with Crippen molar-refractivity contribution in [3.8, 4) is 17.6 Å². The highest BCUT2D eigenvalue weighted by atomic mass is 16.5. The first-order valence-electron chi connectivity index (χ1n) is 8.90. The summed E-state index contributed by atoms with van der Waals surface area (Å²) in [7, 11) is 1.65. The van der Waals surface area contributed by atoms with Gasteiger partial charge in [-0.15, -0.1) is 0 Å². The fourth-order valence-corrected chi connectivity index (χ4v) is 3.20. The summed E-state index contributed by atoms with van der Waals surface area (Å²) >= 11 is 0. The lowest BCUT2D eigenvalue weighted by atomic mass is 10.1. The van der Waals surface area contributed by atoms with Crippen LogP contribution in [0.25, 0.3) is 0 Å². The Morgan fingerprint density at radius 3 is 3.00 bits per heavy atom. The van der Waals surface area contributed by atoms with Crippen molar-refractivity contribution in [3.05, 3.63) is 23.8 Å². The Balaban J connectivity index is 1.84. The van der Waals surface area contributed by atoms with Crippen LogP contribution in [0.1, 0.15) is 38.2 Å². The van der Waals surface area contributed by atoms with Gasteiger partial charge >= 0.3 is 0 Å². The molecule has 132 valence electrons. The quantitative estimate of drug-likeness (QED) is 0.668. The lowest BCUT2D eigenvalue weighted by Gasteiger charge is -2.23. The normalized spacial score (nSPS) is 17.6. The average Bonchev–Trinajstić information content (AvgIpc) is 3.06. The molecule has 0 saturated carbocycles. The van der Waals surface area contributed by atoms with E-state index in [0.29, 0.717) is 19.1 Å². The molecule has 1 fully saturated rings. The zero-order valence-electron chi connectivity index (χ0n) is 14.9. The molecule has 5 heteroatoms. The number of nitrogens with zero attached hydrogens (tertiary/aromatic N) is 2. The molecule has 2 rings (SSSR count). The fraction of sp³-hybridized carbons (Fsp3) is 0.632. The molecule has 0 radical (unpaired) electrons. The molecule has 0 amide bonds. The number of rotatable bonds is 10. The molecule has 0 bridgehead atoms. The van der Waals surface area contributed by atoms with Gasteiger partial charge in [-0.1, -0.05) is 13.0 Å². The van der Waals surface area contributed by atoms with Crippen LogP contribution in [0.2, 0.25) is 0 Å². The summed E-state index contributed by atoms with van der Waals surface area (Å²) in [6.45, 7) is 6.98. The van der Waals surface area contributed by atoms with Gasteiger partial charge in [-0.05, 0) is 50.0 Å². The Morgan fingerprint density at radius 1 is 1.38 bits per heavy atom. The minimum atomic E-state index is 0.513. The first-order valence-corrected chi connectivity index (χ1v) is 8.90. The maximum atomic E-state index is 8.59. The lowest BCUT2D eigenvalue weighted by molar-refractivity contribution is 0.259. The summed E-state index contributed by atoms with van der Waals surface area (Å²) in [5, 5.41) is 12.2. The van der Waals surface area contributed by atoms with Gasteiger partial charge in [0.05, 0.1) is 19.8 Å². The number of methoxy groups -OCH3 is 1. The number of hydrogen-bond acceptors (Lipinski definition) is 5. The van der Waals surface area contributed by atoms with Crippen molar-refractivity contribution < 1.29 is 9.47 Å². The second-order valence-electron chi connectivity index (χ2n) is 6.15. The number of hydrogen-bond donors (Lipinski definition) is 1. The van der Waals surface area contributed by atoms with Crippen LogP contribution in [-0.2, 0) is 6.54 Å². The third kappa shape index (κ3) is 5.40. The Labute approximate surface area is 145 Å². The number of nitrogens with one attached hydrogen (secondary N) is 1. The zero-order chi connectivity index (χ0) is 17.2. The SMILES string of the molecule is CCN1CCCC1CNCc1ccc(OC)c(OCCCC#N)c1. The van der Waals surface area contributed by atoms with Crippen molar-refractivity contribution in [1.29, 1.82) is 5.26 Å². The van der Waals surface area contributed by atoms with E-state index in [1.165, 1.54) is 24.9 Å². The van der Waals surface area contributed by atoms with Crippen molar-refractivity contribution in [3.63, 3.8) is 0 Å². The van der Waals surface area contributed by atoms with Gasteiger partial charge in [0.2, 0.25) is 0 Å². The Kier molecular flexibility index (Phi) is 7.87. The maximum absolute atomic E-state index is 8.59. The largest absolute Gasteiger partial charge is 0.493 e. The van der Waals surface area contributed by atoms with Gasteiger partial charge in [-0.3, -0.25) is 4.90 Å². The van der Waals surface area contributed by atoms with Gasteiger partial charge < -0.3 is 14.8 Å². The standard InChI is InChI=1S/C19H29N3O2/c1-3-22-11-6-7-17(22)15-21-14-16-8-9-18(23-2)19(13-16)24-12-5-4-10-20/h8-9,13,17,21H,3-7,11-12,14-15H2,1-2H3. The summed E-state index contributed by atoms with van der Waals surface area (Å²) in [5.41, 5.74) is 1.19. The van der Waals surface area contributed by atoms with Crippen LogP contribution in [0.3, 0.4) is 0 Å². The lowest BCUT2D eigenvalue weighted by Crippen LogP contribution is -2.37. The smallest absolute Gasteiger partial charge is 0.161 e. The number of likely N-dealkylation sites (N-methyl/N-ethyl adjacent to an activating group) is 1. The first-order chi connectivity index (χ1) is 11.8. The number of ether oxygens (including phenoxy) is 2. The van der Waals surface area contributed by atoms with Crippen LogP contribution in [0.15, 0.2) is 18.2 Å². The Hall–Kier alpha value is -1.77.